The van der Waals surface area contributed by atoms with E-state index in [9.17, 15) is 9.59 Å². The summed E-state index contributed by atoms with van der Waals surface area (Å²) in [6.45, 7) is 3.06. The number of esters is 1. The summed E-state index contributed by atoms with van der Waals surface area (Å²) >= 11 is 0. The number of benzene rings is 1. The SMILES string of the molecule is COC(=O)c1[nH]c2cccc(OC)c2c1NC(=O)CC[NH+]1CCCC1. The molecule has 134 valence electrons. The Morgan fingerprint density at radius 1 is 1.24 bits per heavy atom. The smallest absolute Gasteiger partial charge is 0.356 e. The minimum atomic E-state index is -0.529. The highest BCUT2D eigenvalue weighted by molar-refractivity contribution is 6.12. The van der Waals surface area contributed by atoms with E-state index >= 15 is 0 Å². The molecule has 1 amide bonds. The average molecular weight is 346 g/mol. The van der Waals surface area contributed by atoms with Gasteiger partial charge >= 0.3 is 5.97 Å². The number of quaternary nitrogens is 1. The molecule has 7 heteroatoms. The summed E-state index contributed by atoms with van der Waals surface area (Å²) in [5.41, 5.74) is 1.35. The normalized spacial score (nSPS) is 14.6. The Hall–Kier alpha value is -2.54. The number of hydrogen-bond donors (Lipinski definition) is 3. The number of anilines is 1. The highest BCUT2D eigenvalue weighted by Crippen LogP contribution is 2.35. The molecule has 1 aromatic heterocycles. The van der Waals surface area contributed by atoms with Gasteiger partial charge in [0.05, 0.1) is 56.9 Å². The second-order valence-corrected chi connectivity index (χ2v) is 6.25. The lowest BCUT2D eigenvalue weighted by Gasteiger charge is -2.12. The van der Waals surface area contributed by atoms with Crippen LogP contribution in [0.1, 0.15) is 29.8 Å². The molecule has 0 spiro atoms. The number of carbonyl (C=O) groups is 2. The minimum Gasteiger partial charge on any atom is -0.496 e. The van der Waals surface area contributed by atoms with Crippen molar-refractivity contribution in [2.24, 2.45) is 0 Å². The van der Waals surface area contributed by atoms with Crippen LogP contribution in [0.5, 0.6) is 5.75 Å². The molecular formula is C18H24N3O4+. The Labute approximate surface area is 146 Å². The van der Waals surface area contributed by atoms with Crippen LogP contribution in [-0.4, -0.2) is 50.7 Å². The third-order valence-electron chi connectivity index (χ3n) is 4.68. The quantitative estimate of drug-likeness (QED) is 0.681. The van der Waals surface area contributed by atoms with Gasteiger partial charge in [0.25, 0.3) is 0 Å². The van der Waals surface area contributed by atoms with Gasteiger partial charge in [-0.15, -0.1) is 0 Å². The number of likely N-dealkylation sites (tertiary alicyclic amines) is 1. The van der Waals surface area contributed by atoms with E-state index in [0.717, 1.165) is 19.6 Å². The third-order valence-corrected chi connectivity index (χ3v) is 4.68. The fourth-order valence-electron chi connectivity index (χ4n) is 3.38. The second kappa shape index (κ2) is 7.57. The molecule has 1 saturated heterocycles. The van der Waals surface area contributed by atoms with Gasteiger partial charge in [-0.3, -0.25) is 4.79 Å². The van der Waals surface area contributed by atoms with Gasteiger partial charge in [0.2, 0.25) is 5.91 Å². The molecule has 0 unspecified atom stereocenters. The molecule has 0 atom stereocenters. The van der Waals surface area contributed by atoms with Crippen LogP contribution in [0.3, 0.4) is 0 Å². The van der Waals surface area contributed by atoms with Crippen molar-refractivity contribution in [3.63, 3.8) is 0 Å². The van der Waals surface area contributed by atoms with Gasteiger partial charge in [-0.2, -0.15) is 0 Å². The van der Waals surface area contributed by atoms with Gasteiger partial charge in [0, 0.05) is 12.8 Å². The van der Waals surface area contributed by atoms with E-state index in [-0.39, 0.29) is 11.6 Å². The van der Waals surface area contributed by atoms with Gasteiger partial charge < -0.3 is 24.7 Å². The number of rotatable bonds is 6. The van der Waals surface area contributed by atoms with E-state index in [1.54, 1.807) is 13.2 Å². The Bertz CT molecular complexity index is 778. The maximum Gasteiger partial charge on any atom is 0.356 e. The first-order valence-electron chi connectivity index (χ1n) is 8.54. The third kappa shape index (κ3) is 3.61. The van der Waals surface area contributed by atoms with Gasteiger partial charge in [-0.25, -0.2) is 4.79 Å². The van der Waals surface area contributed by atoms with Crippen LogP contribution < -0.4 is 15.0 Å². The molecule has 3 N–H and O–H groups in total. The van der Waals surface area contributed by atoms with Crippen molar-refractivity contribution < 1.29 is 24.0 Å². The lowest BCUT2D eigenvalue weighted by molar-refractivity contribution is -0.886. The Kier molecular flexibility index (Phi) is 5.23. The average Bonchev–Trinajstić information content (AvgIpc) is 3.27. The topological polar surface area (TPSA) is 84.9 Å². The maximum absolute atomic E-state index is 12.4. The van der Waals surface area contributed by atoms with E-state index in [2.05, 4.69) is 10.3 Å². The first-order chi connectivity index (χ1) is 12.1. The van der Waals surface area contributed by atoms with Crippen LogP contribution in [0.4, 0.5) is 5.69 Å². The zero-order valence-electron chi connectivity index (χ0n) is 14.6. The van der Waals surface area contributed by atoms with Gasteiger partial charge in [0.15, 0.2) is 0 Å². The van der Waals surface area contributed by atoms with Gasteiger partial charge in [0.1, 0.15) is 11.4 Å². The van der Waals surface area contributed by atoms with E-state index in [1.165, 1.54) is 24.9 Å². The van der Waals surface area contributed by atoms with Crippen LogP contribution >= 0.6 is 0 Å². The largest absolute Gasteiger partial charge is 0.496 e. The van der Waals surface area contributed by atoms with Crippen molar-refractivity contribution in [1.82, 2.24) is 4.98 Å². The predicted octanol–water partition coefficient (Wildman–Crippen LogP) is 0.970. The number of nitrogens with one attached hydrogen (secondary N) is 3. The number of methoxy groups -OCH3 is 2. The van der Waals surface area contributed by atoms with Gasteiger partial charge in [-0.05, 0) is 12.1 Å². The molecule has 1 aromatic carbocycles. The van der Waals surface area contributed by atoms with E-state index in [4.69, 9.17) is 9.47 Å². The van der Waals surface area contributed by atoms with Crippen LogP contribution in [0.15, 0.2) is 18.2 Å². The summed E-state index contributed by atoms with van der Waals surface area (Å²) in [7, 11) is 2.87. The molecule has 0 bridgehead atoms. The summed E-state index contributed by atoms with van der Waals surface area (Å²) in [5, 5.41) is 3.56. The summed E-state index contributed by atoms with van der Waals surface area (Å²) in [6, 6.07) is 5.44. The summed E-state index contributed by atoms with van der Waals surface area (Å²) in [5.74, 6) is -0.0561. The van der Waals surface area contributed by atoms with E-state index < -0.39 is 5.97 Å². The van der Waals surface area contributed by atoms with Gasteiger partial charge in [-0.1, -0.05) is 6.07 Å². The van der Waals surface area contributed by atoms with Crippen molar-refractivity contribution in [2.45, 2.75) is 19.3 Å². The highest BCUT2D eigenvalue weighted by atomic mass is 16.5. The zero-order chi connectivity index (χ0) is 17.8. The molecular weight excluding hydrogens is 322 g/mol. The van der Waals surface area contributed by atoms with Crippen molar-refractivity contribution in [1.29, 1.82) is 0 Å². The van der Waals surface area contributed by atoms with E-state index in [1.807, 2.05) is 12.1 Å². The van der Waals surface area contributed by atoms with Crippen LogP contribution in [0.2, 0.25) is 0 Å². The molecule has 25 heavy (non-hydrogen) atoms. The van der Waals surface area contributed by atoms with Crippen molar-refractivity contribution in [3.05, 3.63) is 23.9 Å². The van der Waals surface area contributed by atoms with Crippen molar-refractivity contribution in [3.8, 4) is 5.75 Å². The first-order valence-corrected chi connectivity index (χ1v) is 8.54. The second-order valence-electron chi connectivity index (χ2n) is 6.25. The first kappa shape index (κ1) is 17.3. The molecule has 2 heterocycles. The zero-order valence-corrected chi connectivity index (χ0v) is 14.6. The lowest BCUT2D eigenvalue weighted by atomic mass is 10.2. The number of amides is 1. The number of ether oxygens (including phenoxy) is 2. The van der Waals surface area contributed by atoms with Crippen LogP contribution in [0, 0.1) is 0 Å². The summed E-state index contributed by atoms with van der Waals surface area (Å²) in [4.78, 5) is 29.0. The van der Waals surface area contributed by atoms with Crippen molar-refractivity contribution in [2.75, 3.05) is 39.2 Å². The molecule has 0 saturated carbocycles. The highest BCUT2D eigenvalue weighted by Gasteiger charge is 2.23. The molecule has 3 rings (SSSR count). The Morgan fingerprint density at radius 3 is 2.68 bits per heavy atom. The standard InChI is InChI=1S/C18H23N3O4/c1-24-13-7-5-6-12-15(13)16(17(19-12)18(23)25-2)20-14(22)8-11-21-9-3-4-10-21/h5-7,19H,3-4,8-11H2,1-2H3,(H,20,22)/p+1. The fraction of sp³-hybridized carbons (Fsp3) is 0.444. The predicted molar refractivity (Wildman–Crippen MR) is 94.2 cm³/mol. The summed E-state index contributed by atoms with van der Waals surface area (Å²) in [6.07, 6.45) is 2.87. The van der Waals surface area contributed by atoms with Crippen LogP contribution in [-0.2, 0) is 9.53 Å². The number of aromatic amines is 1. The Balaban J connectivity index is 1.87. The molecule has 1 aliphatic rings. The molecule has 1 aliphatic heterocycles. The number of fused-ring (bicyclic) bond motifs is 1. The Morgan fingerprint density at radius 2 is 2.00 bits per heavy atom. The molecule has 7 nitrogen and oxygen atoms in total. The summed E-state index contributed by atoms with van der Waals surface area (Å²) < 4.78 is 10.2. The molecule has 2 aromatic rings. The van der Waals surface area contributed by atoms with Crippen LogP contribution in [0.25, 0.3) is 10.9 Å². The van der Waals surface area contributed by atoms with E-state index in [0.29, 0.717) is 28.8 Å². The number of H-pyrrole nitrogens is 1. The lowest BCUT2D eigenvalue weighted by Crippen LogP contribution is -3.10. The number of carbonyl (C=O) groups excluding carboxylic acids is 2. The van der Waals surface area contributed by atoms with Crippen molar-refractivity contribution >= 4 is 28.5 Å². The fourth-order valence-corrected chi connectivity index (χ4v) is 3.38. The maximum atomic E-state index is 12.4. The molecule has 0 radical (unpaired) electrons. The minimum absolute atomic E-state index is 0.114. The number of aromatic nitrogens is 1. The molecule has 0 aliphatic carbocycles. The number of hydrogen-bond acceptors (Lipinski definition) is 4. The monoisotopic (exact) mass is 346 g/mol. The molecule has 1 fully saturated rings.